The minimum Gasteiger partial charge on any atom is -0.357 e. The minimum atomic E-state index is 0. The highest BCUT2D eigenvalue weighted by atomic mass is 127. The minimum absolute atomic E-state index is 0. The van der Waals surface area contributed by atoms with Crippen LogP contribution >= 0.6 is 35.6 Å². The summed E-state index contributed by atoms with van der Waals surface area (Å²) in [6.45, 7) is 8.54. The van der Waals surface area contributed by atoms with Crippen molar-refractivity contribution in [3.05, 3.63) is 58.7 Å². The van der Waals surface area contributed by atoms with Crippen LogP contribution in [0.3, 0.4) is 0 Å². The first-order chi connectivity index (χ1) is 14.1. The fourth-order valence-electron chi connectivity index (χ4n) is 3.26. The molecule has 1 saturated heterocycles. The Balaban J connectivity index is 0.00000320. The average Bonchev–Trinajstić information content (AvgIpc) is 2.74. The molecule has 1 fully saturated rings. The van der Waals surface area contributed by atoms with Crippen LogP contribution < -0.4 is 15.5 Å². The van der Waals surface area contributed by atoms with E-state index in [0.29, 0.717) is 6.54 Å². The zero-order chi connectivity index (χ0) is 20.5. The van der Waals surface area contributed by atoms with Gasteiger partial charge in [-0.25, -0.2) is 9.98 Å². The number of benzene rings is 1. The van der Waals surface area contributed by atoms with Gasteiger partial charge in [-0.3, -0.25) is 0 Å². The van der Waals surface area contributed by atoms with Gasteiger partial charge in [-0.05, 0) is 55.8 Å². The summed E-state index contributed by atoms with van der Waals surface area (Å²) < 4.78 is 0. The zero-order valence-corrected chi connectivity index (χ0v) is 20.9. The third kappa shape index (κ3) is 7.92. The molecule has 0 radical (unpaired) electrons. The maximum absolute atomic E-state index is 5.95. The number of piperazine rings is 1. The van der Waals surface area contributed by atoms with Crippen molar-refractivity contribution in [1.29, 1.82) is 0 Å². The molecule has 0 spiro atoms. The Morgan fingerprint density at radius 2 is 1.80 bits per heavy atom. The number of rotatable bonds is 7. The van der Waals surface area contributed by atoms with Gasteiger partial charge in [0.05, 0.1) is 6.54 Å². The molecule has 0 bridgehead atoms. The molecule has 164 valence electrons. The van der Waals surface area contributed by atoms with Crippen LogP contribution in [-0.2, 0) is 13.0 Å². The fourth-order valence-corrected chi connectivity index (χ4v) is 3.38. The number of pyridine rings is 1. The highest BCUT2D eigenvalue weighted by molar-refractivity contribution is 14.0. The second-order valence-electron chi connectivity index (χ2n) is 7.31. The van der Waals surface area contributed by atoms with E-state index in [-0.39, 0.29) is 24.0 Å². The first kappa shape index (κ1) is 24.7. The van der Waals surface area contributed by atoms with Gasteiger partial charge in [0.25, 0.3) is 0 Å². The Kier molecular flexibility index (Phi) is 10.7. The first-order valence-electron chi connectivity index (χ1n) is 10.3. The molecule has 3 rings (SSSR count). The predicted molar refractivity (Wildman–Crippen MR) is 137 cm³/mol. The highest BCUT2D eigenvalue weighted by Crippen LogP contribution is 2.15. The summed E-state index contributed by atoms with van der Waals surface area (Å²) in [5.41, 5.74) is 2.42. The lowest BCUT2D eigenvalue weighted by Crippen LogP contribution is -2.44. The van der Waals surface area contributed by atoms with Crippen molar-refractivity contribution >= 4 is 47.4 Å². The largest absolute Gasteiger partial charge is 0.357 e. The van der Waals surface area contributed by atoms with E-state index in [1.807, 2.05) is 24.4 Å². The third-order valence-electron chi connectivity index (χ3n) is 5.02. The molecule has 6 nitrogen and oxygen atoms in total. The topological polar surface area (TPSA) is 55.8 Å². The van der Waals surface area contributed by atoms with Crippen molar-refractivity contribution in [2.75, 3.05) is 51.2 Å². The first-order valence-corrected chi connectivity index (χ1v) is 10.7. The van der Waals surface area contributed by atoms with Crippen LogP contribution in [0.4, 0.5) is 5.82 Å². The molecule has 1 aliphatic heterocycles. The number of guanidine groups is 1. The van der Waals surface area contributed by atoms with Crippen LogP contribution in [-0.4, -0.2) is 62.2 Å². The lowest BCUT2D eigenvalue weighted by atomic mass is 10.1. The molecular formula is C22H32ClIN6. The molecule has 0 aliphatic carbocycles. The monoisotopic (exact) mass is 542 g/mol. The van der Waals surface area contributed by atoms with Gasteiger partial charge in [-0.2, -0.15) is 0 Å². The third-order valence-corrected chi connectivity index (χ3v) is 5.27. The maximum atomic E-state index is 5.95. The molecule has 30 heavy (non-hydrogen) atoms. The molecule has 2 aromatic rings. The van der Waals surface area contributed by atoms with Crippen LogP contribution in [0, 0.1) is 0 Å². The van der Waals surface area contributed by atoms with Gasteiger partial charge in [0, 0.05) is 50.5 Å². The average molecular weight is 543 g/mol. The highest BCUT2D eigenvalue weighted by Gasteiger charge is 2.15. The number of aromatic nitrogens is 1. The van der Waals surface area contributed by atoms with Gasteiger partial charge in [-0.1, -0.05) is 23.7 Å². The van der Waals surface area contributed by atoms with Gasteiger partial charge in [0.1, 0.15) is 5.82 Å². The number of hydrogen-bond donors (Lipinski definition) is 2. The number of hydrogen-bond acceptors (Lipinski definition) is 4. The molecule has 1 aliphatic rings. The van der Waals surface area contributed by atoms with Crippen LogP contribution in [0.25, 0.3) is 0 Å². The van der Waals surface area contributed by atoms with Crippen LogP contribution in [0.5, 0.6) is 0 Å². The van der Waals surface area contributed by atoms with Gasteiger partial charge in [0.2, 0.25) is 0 Å². The predicted octanol–water partition coefficient (Wildman–Crippen LogP) is 3.40. The van der Waals surface area contributed by atoms with Gasteiger partial charge < -0.3 is 20.4 Å². The molecule has 1 aromatic heterocycles. The van der Waals surface area contributed by atoms with Crippen molar-refractivity contribution in [3.63, 3.8) is 0 Å². The Bertz CT molecular complexity index is 790. The number of aliphatic imine (C=N–C) groups is 1. The molecule has 0 unspecified atom stereocenters. The van der Waals surface area contributed by atoms with E-state index in [1.165, 1.54) is 11.1 Å². The molecule has 0 amide bonds. The Hall–Kier alpha value is -1.58. The number of likely N-dealkylation sites (N-methyl/N-ethyl adjacent to an activating group) is 1. The molecule has 0 saturated carbocycles. The summed E-state index contributed by atoms with van der Waals surface area (Å²) in [5, 5.41) is 7.50. The summed E-state index contributed by atoms with van der Waals surface area (Å²) in [4.78, 5) is 14.0. The van der Waals surface area contributed by atoms with Crippen molar-refractivity contribution in [2.45, 2.75) is 19.9 Å². The number of anilines is 1. The van der Waals surface area contributed by atoms with E-state index in [1.54, 1.807) is 0 Å². The number of nitrogens with one attached hydrogen (secondary N) is 2. The Morgan fingerprint density at radius 3 is 2.50 bits per heavy atom. The quantitative estimate of drug-likeness (QED) is 0.319. The Morgan fingerprint density at radius 1 is 1.07 bits per heavy atom. The molecular weight excluding hydrogens is 511 g/mol. The summed E-state index contributed by atoms with van der Waals surface area (Å²) in [7, 11) is 2.16. The van der Waals surface area contributed by atoms with E-state index in [0.717, 1.165) is 62.5 Å². The van der Waals surface area contributed by atoms with Crippen molar-refractivity contribution in [2.24, 2.45) is 4.99 Å². The molecule has 8 heteroatoms. The van der Waals surface area contributed by atoms with Gasteiger partial charge in [0.15, 0.2) is 5.96 Å². The van der Waals surface area contributed by atoms with Crippen molar-refractivity contribution in [3.8, 4) is 0 Å². The van der Waals surface area contributed by atoms with E-state index in [2.05, 4.69) is 57.6 Å². The lowest BCUT2D eigenvalue weighted by Gasteiger charge is -2.33. The van der Waals surface area contributed by atoms with E-state index < -0.39 is 0 Å². The van der Waals surface area contributed by atoms with Crippen molar-refractivity contribution < 1.29 is 0 Å². The van der Waals surface area contributed by atoms with Gasteiger partial charge in [-0.15, -0.1) is 24.0 Å². The lowest BCUT2D eigenvalue weighted by molar-refractivity contribution is 0.312. The van der Waals surface area contributed by atoms with E-state index in [4.69, 9.17) is 16.6 Å². The summed E-state index contributed by atoms with van der Waals surface area (Å²) in [6.07, 6.45) is 2.81. The number of halogens is 2. The van der Waals surface area contributed by atoms with Gasteiger partial charge >= 0.3 is 0 Å². The fraction of sp³-hybridized carbons (Fsp3) is 0.455. The normalized spacial score (nSPS) is 14.9. The molecule has 2 heterocycles. The summed E-state index contributed by atoms with van der Waals surface area (Å²) in [6, 6.07) is 12.2. The van der Waals surface area contributed by atoms with E-state index in [9.17, 15) is 0 Å². The van der Waals surface area contributed by atoms with E-state index >= 15 is 0 Å². The standard InChI is InChI=1S/C22H31ClN6.HI/c1-3-24-22(26-11-8-18-4-6-20(23)7-5-18)27-17-19-9-10-25-21(16-19)29-14-12-28(2)13-15-29;/h4-7,9-10,16H,3,8,11-15,17H2,1-2H3,(H2,24,26,27);1H. The molecule has 0 atom stereocenters. The van der Waals surface area contributed by atoms with Crippen LogP contribution in [0.2, 0.25) is 5.02 Å². The smallest absolute Gasteiger partial charge is 0.191 e. The molecule has 1 aromatic carbocycles. The zero-order valence-electron chi connectivity index (χ0n) is 17.8. The Labute approximate surface area is 202 Å². The maximum Gasteiger partial charge on any atom is 0.191 e. The number of nitrogens with zero attached hydrogens (tertiary/aromatic N) is 4. The molecule has 2 N–H and O–H groups in total. The van der Waals surface area contributed by atoms with Crippen molar-refractivity contribution in [1.82, 2.24) is 20.5 Å². The SMILES string of the molecule is CCNC(=NCc1ccnc(N2CCN(C)CC2)c1)NCCc1ccc(Cl)cc1.I. The second-order valence-corrected chi connectivity index (χ2v) is 7.75. The summed E-state index contributed by atoms with van der Waals surface area (Å²) >= 11 is 5.95. The van der Waals surface area contributed by atoms with Crippen LogP contribution in [0.15, 0.2) is 47.6 Å². The second kappa shape index (κ2) is 13.0. The van der Waals surface area contributed by atoms with Crippen LogP contribution in [0.1, 0.15) is 18.1 Å². The summed E-state index contributed by atoms with van der Waals surface area (Å²) in [5.74, 6) is 1.88.